The maximum atomic E-state index is 12.9. The molecule has 7 heteroatoms. The monoisotopic (exact) mass is 353 g/mol. The zero-order valence-corrected chi connectivity index (χ0v) is 14.7. The first kappa shape index (κ1) is 16.9. The zero-order chi connectivity index (χ0) is 17.9. The van der Waals surface area contributed by atoms with Crippen LogP contribution in [-0.4, -0.2) is 63.1 Å². The van der Waals surface area contributed by atoms with Gasteiger partial charge in [-0.05, 0) is 31.4 Å². The van der Waals surface area contributed by atoms with Crippen molar-refractivity contribution in [1.29, 1.82) is 0 Å². The van der Waals surface area contributed by atoms with Crippen LogP contribution in [0.25, 0.3) is 0 Å². The summed E-state index contributed by atoms with van der Waals surface area (Å²) in [5, 5.41) is 10.5. The number of aromatic nitrogens is 3. The normalized spacial score (nSPS) is 22.8. The quantitative estimate of drug-likeness (QED) is 0.888. The highest BCUT2D eigenvalue weighted by Gasteiger charge is 2.34. The highest BCUT2D eigenvalue weighted by Crippen LogP contribution is 2.28. The molecule has 2 aliphatic rings. The van der Waals surface area contributed by atoms with Gasteiger partial charge in [0.25, 0.3) is 5.91 Å². The van der Waals surface area contributed by atoms with Gasteiger partial charge in [-0.3, -0.25) is 14.8 Å². The Morgan fingerprint density at radius 3 is 2.77 bits per heavy atom. The van der Waals surface area contributed by atoms with Crippen molar-refractivity contribution in [2.45, 2.75) is 25.4 Å². The zero-order valence-electron chi connectivity index (χ0n) is 14.7. The Kier molecular flexibility index (Phi) is 4.79. The molecule has 2 aromatic heterocycles. The van der Waals surface area contributed by atoms with E-state index in [1.165, 1.54) is 0 Å². The van der Waals surface area contributed by atoms with E-state index in [1.54, 1.807) is 30.9 Å². The third-order valence-electron chi connectivity index (χ3n) is 5.20. The number of β-amino-alcohol motifs (C(OH)–C–C–N with tert-alkyl or cyclic N) is 1. The lowest BCUT2D eigenvalue weighted by molar-refractivity contribution is 0.0793. The first-order chi connectivity index (χ1) is 12.7. The van der Waals surface area contributed by atoms with E-state index in [1.807, 2.05) is 15.9 Å². The van der Waals surface area contributed by atoms with Crippen LogP contribution in [0.3, 0.4) is 0 Å². The fourth-order valence-corrected chi connectivity index (χ4v) is 3.84. The molecule has 0 spiro atoms. The third kappa shape index (κ3) is 3.39. The average Bonchev–Trinajstić information content (AvgIpc) is 3.33. The van der Waals surface area contributed by atoms with Crippen molar-refractivity contribution >= 4 is 11.7 Å². The van der Waals surface area contributed by atoms with Gasteiger partial charge in [0.15, 0.2) is 0 Å². The molecule has 4 heterocycles. The summed E-state index contributed by atoms with van der Waals surface area (Å²) in [5.74, 6) is 0.756. The number of pyridine rings is 1. The maximum absolute atomic E-state index is 12.9. The summed E-state index contributed by atoms with van der Waals surface area (Å²) < 4.78 is 0. The van der Waals surface area contributed by atoms with Gasteiger partial charge < -0.3 is 14.9 Å². The SMILES string of the molecule is O=C(c1cccnc1N1C[C@@H](Cc2cnccn2)[C@H](O)C1)N1CCCC1. The van der Waals surface area contributed by atoms with E-state index >= 15 is 0 Å². The van der Waals surface area contributed by atoms with Crippen LogP contribution < -0.4 is 4.90 Å². The molecule has 0 aliphatic carbocycles. The molecule has 0 unspecified atom stereocenters. The van der Waals surface area contributed by atoms with Crippen LogP contribution in [0.4, 0.5) is 5.82 Å². The fourth-order valence-electron chi connectivity index (χ4n) is 3.84. The second kappa shape index (κ2) is 7.37. The first-order valence-electron chi connectivity index (χ1n) is 9.14. The van der Waals surface area contributed by atoms with Crippen molar-refractivity contribution in [3.63, 3.8) is 0 Å². The van der Waals surface area contributed by atoms with Crippen LogP contribution in [0.2, 0.25) is 0 Å². The number of anilines is 1. The van der Waals surface area contributed by atoms with E-state index in [4.69, 9.17) is 0 Å². The number of amides is 1. The standard InChI is InChI=1S/C19H23N5O2/c25-17-13-24(12-14(17)10-15-11-20-6-7-21-15)18-16(4-3-5-22-18)19(26)23-8-1-2-9-23/h3-7,11,14,17,25H,1-2,8-10,12-13H2/t14-,17-/m1/s1. The molecule has 136 valence electrons. The Labute approximate surface area is 152 Å². The highest BCUT2D eigenvalue weighted by atomic mass is 16.3. The summed E-state index contributed by atoms with van der Waals surface area (Å²) in [6.45, 7) is 2.74. The van der Waals surface area contributed by atoms with Crippen LogP contribution in [0.5, 0.6) is 0 Å². The molecule has 0 saturated carbocycles. The molecule has 7 nitrogen and oxygen atoms in total. The number of hydrogen-bond donors (Lipinski definition) is 1. The number of carbonyl (C=O) groups excluding carboxylic acids is 1. The molecule has 2 saturated heterocycles. The van der Waals surface area contributed by atoms with Crippen molar-refractivity contribution in [2.24, 2.45) is 5.92 Å². The molecule has 1 N–H and O–H groups in total. The number of nitrogens with zero attached hydrogens (tertiary/aromatic N) is 5. The topological polar surface area (TPSA) is 82.5 Å². The Hall–Kier alpha value is -2.54. The molecule has 0 radical (unpaired) electrons. The van der Waals surface area contributed by atoms with Crippen LogP contribution >= 0.6 is 0 Å². The summed E-state index contributed by atoms with van der Waals surface area (Å²) in [6.07, 6.45) is 9.05. The minimum absolute atomic E-state index is 0.0393. The number of aliphatic hydroxyl groups is 1. The summed E-state index contributed by atoms with van der Waals surface area (Å²) in [6, 6.07) is 3.64. The minimum atomic E-state index is -0.478. The van der Waals surface area contributed by atoms with Crippen LogP contribution in [-0.2, 0) is 6.42 Å². The number of carbonyl (C=O) groups is 1. The predicted molar refractivity (Wildman–Crippen MR) is 96.8 cm³/mol. The van der Waals surface area contributed by atoms with Crippen LogP contribution in [0.15, 0.2) is 36.9 Å². The van der Waals surface area contributed by atoms with E-state index in [2.05, 4.69) is 15.0 Å². The Balaban J connectivity index is 1.52. The fraction of sp³-hybridized carbons (Fsp3) is 0.474. The summed E-state index contributed by atoms with van der Waals surface area (Å²) >= 11 is 0. The van der Waals surface area contributed by atoms with Gasteiger partial charge in [-0.25, -0.2) is 4.98 Å². The van der Waals surface area contributed by atoms with Gasteiger partial charge in [0.2, 0.25) is 0 Å². The van der Waals surface area contributed by atoms with Crippen molar-refractivity contribution in [3.05, 3.63) is 48.2 Å². The number of aliphatic hydroxyl groups excluding tert-OH is 1. The van der Waals surface area contributed by atoms with Crippen molar-refractivity contribution in [1.82, 2.24) is 19.9 Å². The van der Waals surface area contributed by atoms with Crippen molar-refractivity contribution < 1.29 is 9.90 Å². The number of hydrogen-bond acceptors (Lipinski definition) is 6. The molecule has 4 rings (SSSR count). The van der Waals surface area contributed by atoms with Gasteiger partial charge >= 0.3 is 0 Å². The smallest absolute Gasteiger partial charge is 0.257 e. The van der Waals surface area contributed by atoms with E-state index in [0.717, 1.165) is 31.6 Å². The van der Waals surface area contributed by atoms with Gasteiger partial charge in [0.1, 0.15) is 5.82 Å². The Morgan fingerprint density at radius 2 is 2.00 bits per heavy atom. The second-order valence-electron chi connectivity index (χ2n) is 7.01. The summed E-state index contributed by atoms with van der Waals surface area (Å²) in [7, 11) is 0. The van der Waals surface area contributed by atoms with Gasteiger partial charge in [-0.1, -0.05) is 0 Å². The molecular formula is C19H23N5O2. The van der Waals surface area contributed by atoms with E-state index in [0.29, 0.717) is 30.9 Å². The van der Waals surface area contributed by atoms with Gasteiger partial charge in [-0.15, -0.1) is 0 Å². The van der Waals surface area contributed by atoms with Gasteiger partial charge in [-0.2, -0.15) is 0 Å². The Morgan fingerprint density at radius 1 is 1.15 bits per heavy atom. The molecule has 2 aromatic rings. The Bertz CT molecular complexity index is 764. The molecule has 0 bridgehead atoms. The number of rotatable bonds is 4. The maximum Gasteiger partial charge on any atom is 0.257 e. The van der Waals surface area contributed by atoms with Crippen LogP contribution in [0, 0.1) is 5.92 Å². The lowest BCUT2D eigenvalue weighted by Crippen LogP contribution is -2.31. The van der Waals surface area contributed by atoms with Crippen LogP contribution in [0.1, 0.15) is 28.9 Å². The lowest BCUT2D eigenvalue weighted by atomic mass is 10.0. The average molecular weight is 353 g/mol. The molecule has 2 fully saturated rings. The molecule has 26 heavy (non-hydrogen) atoms. The second-order valence-corrected chi connectivity index (χ2v) is 7.01. The summed E-state index contributed by atoms with van der Waals surface area (Å²) in [5.41, 5.74) is 1.49. The van der Waals surface area contributed by atoms with Gasteiger partial charge in [0.05, 0.1) is 17.4 Å². The van der Waals surface area contributed by atoms with E-state index in [-0.39, 0.29) is 11.8 Å². The van der Waals surface area contributed by atoms with E-state index < -0.39 is 6.10 Å². The number of likely N-dealkylation sites (tertiary alicyclic amines) is 1. The molecule has 2 aliphatic heterocycles. The highest BCUT2D eigenvalue weighted by molar-refractivity contribution is 5.99. The molecule has 0 aromatic carbocycles. The lowest BCUT2D eigenvalue weighted by Gasteiger charge is -2.22. The largest absolute Gasteiger partial charge is 0.391 e. The molecular weight excluding hydrogens is 330 g/mol. The van der Waals surface area contributed by atoms with Crippen molar-refractivity contribution in [3.8, 4) is 0 Å². The summed E-state index contributed by atoms with van der Waals surface area (Å²) in [4.78, 5) is 29.6. The molecule has 2 atom stereocenters. The predicted octanol–water partition coefficient (Wildman–Crippen LogP) is 1.15. The third-order valence-corrected chi connectivity index (χ3v) is 5.20. The van der Waals surface area contributed by atoms with Crippen molar-refractivity contribution in [2.75, 3.05) is 31.1 Å². The first-order valence-corrected chi connectivity index (χ1v) is 9.14. The molecule has 1 amide bonds. The minimum Gasteiger partial charge on any atom is -0.391 e. The van der Waals surface area contributed by atoms with E-state index in [9.17, 15) is 9.90 Å². The van der Waals surface area contributed by atoms with Gasteiger partial charge in [0, 0.05) is 56.9 Å².